The second kappa shape index (κ2) is 11.8. The number of amides is 2. The number of nitrogens with zero attached hydrogens (tertiary/aromatic N) is 4. The van der Waals surface area contributed by atoms with Crippen LogP contribution >= 0.6 is 11.3 Å². The molecule has 9 heteroatoms. The molecule has 0 saturated heterocycles. The number of rotatable bonds is 11. The Balaban J connectivity index is 1.55. The number of benzene rings is 1. The summed E-state index contributed by atoms with van der Waals surface area (Å²) in [5, 5.41) is 3.05. The molecule has 0 aliphatic carbocycles. The molecule has 0 unspecified atom stereocenters. The van der Waals surface area contributed by atoms with Crippen LogP contribution in [0.1, 0.15) is 41.9 Å². The van der Waals surface area contributed by atoms with Gasteiger partial charge in [-0.05, 0) is 55.7 Å². The summed E-state index contributed by atoms with van der Waals surface area (Å²) in [6.07, 6.45) is 5.57. The largest absolute Gasteiger partial charge is 0.481 e. The number of carbonyl (C=O) groups excluding carboxylic acids is 2. The number of methoxy groups -OCH3 is 1. The summed E-state index contributed by atoms with van der Waals surface area (Å²) in [7, 11) is 3.36. The number of hydrogen-bond acceptors (Lipinski definition) is 6. The van der Waals surface area contributed by atoms with Gasteiger partial charge in [-0.2, -0.15) is 0 Å². The molecule has 2 amide bonds. The Morgan fingerprint density at radius 3 is 2.73 bits per heavy atom. The molecule has 4 rings (SSSR count). The van der Waals surface area contributed by atoms with Gasteiger partial charge in [-0.15, -0.1) is 11.3 Å². The predicted molar refractivity (Wildman–Crippen MR) is 148 cm³/mol. The van der Waals surface area contributed by atoms with Gasteiger partial charge in [-0.3, -0.25) is 14.9 Å². The molecule has 192 valence electrons. The van der Waals surface area contributed by atoms with Gasteiger partial charge in [0.05, 0.1) is 23.0 Å². The molecule has 0 aliphatic rings. The van der Waals surface area contributed by atoms with E-state index in [0.29, 0.717) is 23.3 Å². The lowest BCUT2D eigenvalue weighted by atomic mass is 10.1. The number of likely N-dealkylation sites (N-methyl/N-ethyl adjacent to an activating group) is 1. The van der Waals surface area contributed by atoms with Gasteiger partial charge in [0, 0.05) is 42.3 Å². The first-order chi connectivity index (χ1) is 17.9. The Morgan fingerprint density at radius 1 is 1.22 bits per heavy atom. The number of imidazole rings is 1. The van der Waals surface area contributed by atoms with Gasteiger partial charge in [0.25, 0.3) is 5.91 Å². The number of pyridine rings is 1. The van der Waals surface area contributed by atoms with E-state index in [2.05, 4.69) is 28.4 Å². The Hall–Kier alpha value is -3.98. The van der Waals surface area contributed by atoms with Gasteiger partial charge in [-0.1, -0.05) is 25.6 Å². The lowest BCUT2D eigenvalue weighted by molar-refractivity contribution is -0.124. The monoisotopic (exact) mass is 517 g/mol. The molecule has 8 nitrogen and oxygen atoms in total. The number of fused-ring (bicyclic) bond motifs is 1. The van der Waals surface area contributed by atoms with E-state index in [-0.39, 0.29) is 17.9 Å². The van der Waals surface area contributed by atoms with Crippen molar-refractivity contribution in [2.75, 3.05) is 26.0 Å². The topological polar surface area (TPSA) is 89.4 Å². The van der Waals surface area contributed by atoms with Crippen molar-refractivity contribution in [1.82, 2.24) is 19.4 Å². The van der Waals surface area contributed by atoms with Crippen molar-refractivity contribution in [3.8, 4) is 16.3 Å². The van der Waals surface area contributed by atoms with Gasteiger partial charge >= 0.3 is 0 Å². The maximum absolute atomic E-state index is 13.3. The molecule has 3 heterocycles. The van der Waals surface area contributed by atoms with Crippen LogP contribution in [0.3, 0.4) is 0 Å². The summed E-state index contributed by atoms with van der Waals surface area (Å²) in [5.74, 6) is 0.770. The van der Waals surface area contributed by atoms with Crippen LogP contribution in [0.4, 0.5) is 5.95 Å². The maximum atomic E-state index is 13.3. The van der Waals surface area contributed by atoms with E-state index in [9.17, 15) is 9.59 Å². The Kier molecular flexibility index (Phi) is 8.35. The number of ether oxygens (including phenoxy) is 1. The van der Waals surface area contributed by atoms with Crippen LogP contribution in [0, 0.1) is 0 Å². The zero-order valence-electron chi connectivity index (χ0n) is 21.3. The third-order valence-electron chi connectivity index (χ3n) is 6.30. The van der Waals surface area contributed by atoms with Crippen LogP contribution in [0.15, 0.2) is 67.4 Å². The summed E-state index contributed by atoms with van der Waals surface area (Å²) in [6, 6.07) is 15.5. The molecule has 1 N–H and O–H groups in total. The summed E-state index contributed by atoms with van der Waals surface area (Å²) >= 11 is 1.40. The smallest absolute Gasteiger partial charge is 0.268 e. The van der Waals surface area contributed by atoms with E-state index >= 15 is 0 Å². The Bertz CT molecular complexity index is 1390. The number of carbonyl (C=O) groups is 2. The van der Waals surface area contributed by atoms with Crippen molar-refractivity contribution < 1.29 is 14.3 Å². The highest BCUT2D eigenvalue weighted by molar-refractivity contribution is 7.17. The van der Waals surface area contributed by atoms with Gasteiger partial charge in [-0.25, -0.2) is 9.97 Å². The fourth-order valence-electron chi connectivity index (χ4n) is 4.27. The van der Waals surface area contributed by atoms with Gasteiger partial charge in [0.1, 0.15) is 0 Å². The number of aromatic nitrogens is 3. The molecule has 0 radical (unpaired) electrons. The van der Waals surface area contributed by atoms with E-state index in [4.69, 9.17) is 9.72 Å². The van der Waals surface area contributed by atoms with Crippen molar-refractivity contribution in [2.24, 2.45) is 0 Å². The van der Waals surface area contributed by atoms with Crippen molar-refractivity contribution in [2.45, 2.75) is 32.2 Å². The summed E-state index contributed by atoms with van der Waals surface area (Å²) < 4.78 is 7.24. The fraction of sp³-hybridized carbons (Fsp3) is 0.286. The number of anilines is 1. The zero-order valence-corrected chi connectivity index (χ0v) is 22.1. The second-order valence-electron chi connectivity index (χ2n) is 8.67. The fourth-order valence-corrected chi connectivity index (χ4v) is 5.16. The molecular formula is C28H31N5O3S. The molecule has 0 fully saturated rings. The third kappa shape index (κ3) is 5.89. The SMILES string of the molecule is C=CC(=O)N(C)CCC[C@H](CC)n1c(NC(=O)c2ccc(-c3ccc(OC)nc3)s2)nc2ccccc21. The molecule has 37 heavy (non-hydrogen) atoms. The molecule has 3 aromatic heterocycles. The average molecular weight is 518 g/mol. The Morgan fingerprint density at radius 2 is 2.03 bits per heavy atom. The maximum Gasteiger partial charge on any atom is 0.268 e. The highest BCUT2D eigenvalue weighted by Gasteiger charge is 2.21. The third-order valence-corrected chi connectivity index (χ3v) is 7.43. The number of nitrogens with one attached hydrogen (secondary N) is 1. The van der Waals surface area contributed by atoms with Gasteiger partial charge < -0.3 is 14.2 Å². The minimum absolute atomic E-state index is 0.0881. The van der Waals surface area contributed by atoms with Crippen LogP contribution in [0.25, 0.3) is 21.5 Å². The lowest BCUT2D eigenvalue weighted by Gasteiger charge is -2.22. The van der Waals surface area contributed by atoms with Gasteiger partial charge in [0.15, 0.2) is 0 Å². The minimum atomic E-state index is -0.208. The quantitative estimate of drug-likeness (QED) is 0.254. The minimum Gasteiger partial charge on any atom is -0.481 e. The highest BCUT2D eigenvalue weighted by Crippen LogP contribution is 2.32. The Labute approximate surface area is 220 Å². The van der Waals surface area contributed by atoms with E-state index in [0.717, 1.165) is 40.7 Å². The number of para-hydroxylation sites is 2. The van der Waals surface area contributed by atoms with Crippen LogP contribution < -0.4 is 10.1 Å². The van der Waals surface area contributed by atoms with Crippen LogP contribution in [-0.4, -0.2) is 52.0 Å². The van der Waals surface area contributed by atoms with E-state index < -0.39 is 0 Å². The number of thiophene rings is 1. The predicted octanol–water partition coefficient (Wildman–Crippen LogP) is 5.80. The average Bonchev–Trinajstić information content (AvgIpc) is 3.56. The summed E-state index contributed by atoms with van der Waals surface area (Å²) in [5.41, 5.74) is 2.71. The summed E-state index contributed by atoms with van der Waals surface area (Å²) in [6.45, 7) is 6.31. The highest BCUT2D eigenvalue weighted by atomic mass is 32.1. The summed E-state index contributed by atoms with van der Waals surface area (Å²) in [4.78, 5) is 37.3. The molecule has 0 aliphatic heterocycles. The molecule has 4 aromatic rings. The normalized spacial score (nSPS) is 11.8. The first kappa shape index (κ1) is 26.1. The molecule has 1 aromatic carbocycles. The van der Waals surface area contributed by atoms with Crippen molar-refractivity contribution in [3.05, 3.63) is 72.3 Å². The van der Waals surface area contributed by atoms with Crippen LogP contribution in [0.2, 0.25) is 0 Å². The van der Waals surface area contributed by atoms with Gasteiger partial charge in [0.2, 0.25) is 17.7 Å². The van der Waals surface area contributed by atoms with E-state index in [1.54, 1.807) is 31.3 Å². The second-order valence-corrected chi connectivity index (χ2v) is 9.75. The van der Waals surface area contributed by atoms with Crippen LogP contribution in [-0.2, 0) is 4.79 Å². The zero-order chi connectivity index (χ0) is 26.4. The van der Waals surface area contributed by atoms with Crippen molar-refractivity contribution in [3.63, 3.8) is 0 Å². The first-order valence-electron chi connectivity index (χ1n) is 12.2. The van der Waals surface area contributed by atoms with Crippen LogP contribution in [0.5, 0.6) is 5.88 Å². The van der Waals surface area contributed by atoms with Crippen molar-refractivity contribution in [1.29, 1.82) is 0 Å². The van der Waals surface area contributed by atoms with E-state index in [1.165, 1.54) is 17.4 Å². The first-order valence-corrected chi connectivity index (χ1v) is 13.0. The number of hydrogen-bond donors (Lipinski definition) is 1. The lowest BCUT2D eigenvalue weighted by Crippen LogP contribution is -2.26. The molecule has 0 saturated carbocycles. The van der Waals surface area contributed by atoms with Crippen molar-refractivity contribution >= 4 is 40.1 Å². The molecule has 0 bridgehead atoms. The molecule has 1 atom stereocenters. The molecular weight excluding hydrogens is 486 g/mol. The standard InChI is InChI=1S/C28H31N5O3S/c1-5-20(10-9-17-32(3)26(34)6-2)33-22-12-8-7-11-21(22)30-28(33)31-27(35)24-15-14-23(37-24)19-13-16-25(36-4)29-18-19/h6-8,11-16,18,20H,2,5,9-10,17H2,1,3-4H3,(H,30,31,35)/t20-/m0/s1. The molecule has 0 spiro atoms. The van der Waals surface area contributed by atoms with E-state index in [1.807, 2.05) is 42.5 Å².